The molecule has 2 rings (SSSR count). The zero-order chi connectivity index (χ0) is 13.7. The van der Waals surface area contributed by atoms with Crippen LogP contribution >= 0.6 is 11.6 Å². The van der Waals surface area contributed by atoms with Crippen LogP contribution in [-0.2, 0) is 9.53 Å². The van der Waals surface area contributed by atoms with Crippen LogP contribution in [0.15, 0.2) is 24.3 Å². The Morgan fingerprint density at radius 2 is 2.00 bits per heavy atom. The van der Waals surface area contributed by atoms with Crippen molar-refractivity contribution in [3.05, 3.63) is 34.9 Å². The second-order valence-electron chi connectivity index (χ2n) is 4.91. The van der Waals surface area contributed by atoms with E-state index in [4.69, 9.17) is 16.3 Å². The quantitative estimate of drug-likeness (QED) is 0.919. The van der Waals surface area contributed by atoms with Gasteiger partial charge in [0, 0.05) is 24.2 Å². The minimum Gasteiger partial charge on any atom is -0.381 e. The van der Waals surface area contributed by atoms with Gasteiger partial charge in [0.25, 0.3) is 0 Å². The normalized spacial score (nSPS) is 18.0. The summed E-state index contributed by atoms with van der Waals surface area (Å²) in [5.41, 5.74) is 1.10. The number of hydrogen-bond acceptors (Lipinski definition) is 2. The van der Waals surface area contributed by atoms with Gasteiger partial charge in [-0.2, -0.15) is 0 Å². The van der Waals surface area contributed by atoms with Crippen molar-refractivity contribution in [2.75, 3.05) is 13.2 Å². The number of halogens is 1. The number of hydrogen-bond donors (Lipinski definition) is 1. The summed E-state index contributed by atoms with van der Waals surface area (Å²) in [6.07, 6.45) is 2.52. The maximum atomic E-state index is 12.2. The number of carbonyl (C=O) groups excluding carboxylic acids is 1. The summed E-state index contributed by atoms with van der Waals surface area (Å²) < 4.78 is 5.28. The van der Waals surface area contributed by atoms with Gasteiger partial charge in [0.05, 0.1) is 6.04 Å². The van der Waals surface area contributed by atoms with Gasteiger partial charge in [-0.05, 0) is 37.0 Å². The third kappa shape index (κ3) is 3.95. The highest BCUT2D eigenvalue weighted by molar-refractivity contribution is 6.30. The van der Waals surface area contributed by atoms with E-state index >= 15 is 0 Å². The molecule has 1 heterocycles. The molecule has 3 nitrogen and oxygen atoms in total. The van der Waals surface area contributed by atoms with E-state index in [1.165, 1.54) is 0 Å². The summed E-state index contributed by atoms with van der Waals surface area (Å²) >= 11 is 5.89. The summed E-state index contributed by atoms with van der Waals surface area (Å²) in [5, 5.41) is 3.85. The van der Waals surface area contributed by atoms with Gasteiger partial charge < -0.3 is 10.1 Å². The van der Waals surface area contributed by atoms with E-state index in [1.54, 1.807) is 0 Å². The zero-order valence-corrected chi connectivity index (χ0v) is 12.0. The molecule has 1 fully saturated rings. The van der Waals surface area contributed by atoms with Crippen LogP contribution in [0.1, 0.15) is 37.8 Å². The van der Waals surface area contributed by atoms with Crippen molar-refractivity contribution in [1.29, 1.82) is 0 Å². The maximum Gasteiger partial charge on any atom is 0.223 e. The van der Waals surface area contributed by atoms with Crippen LogP contribution in [-0.4, -0.2) is 19.1 Å². The highest BCUT2D eigenvalue weighted by Gasteiger charge is 2.23. The Balaban J connectivity index is 1.98. The molecule has 1 amide bonds. The lowest BCUT2D eigenvalue weighted by atomic mass is 9.97. The average Bonchev–Trinajstić information content (AvgIpc) is 2.46. The molecule has 1 aliphatic heterocycles. The van der Waals surface area contributed by atoms with Crippen LogP contribution in [0.2, 0.25) is 5.02 Å². The van der Waals surface area contributed by atoms with Crippen molar-refractivity contribution in [1.82, 2.24) is 5.32 Å². The predicted molar refractivity (Wildman–Crippen MR) is 76.2 cm³/mol. The number of amides is 1. The van der Waals surface area contributed by atoms with Crippen molar-refractivity contribution in [3.63, 3.8) is 0 Å². The molecule has 0 unspecified atom stereocenters. The summed E-state index contributed by atoms with van der Waals surface area (Å²) in [5.74, 6) is 0.236. The van der Waals surface area contributed by atoms with E-state index in [0.717, 1.165) is 24.8 Å². The fourth-order valence-corrected chi connectivity index (χ4v) is 2.49. The molecule has 0 bridgehead atoms. The third-order valence-electron chi connectivity index (χ3n) is 3.59. The standard InChI is InChI=1S/C15H20ClNO2/c1-2-14(11-3-5-13(16)6-4-11)17-15(18)12-7-9-19-10-8-12/h3-6,12,14H,2,7-10H2,1H3,(H,17,18)/t14-/m0/s1. The minimum atomic E-state index is 0.0626. The van der Waals surface area contributed by atoms with E-state index in [2.05, 4.69) is 12.2 Å². The van der Waals surface area contributed by atoms with E-state index in [1.807, 2.05) is 24.3 Å². The van der Waals surface area contributed by atoms with Gasteiger partial charge in [0.1, 0.15) is 0 Å². The van der Waals surface area contributed by atoms with Crippen molar-refractivity contribution < 1.29 is 9.53 Å². The number of rotatable bonds is 4. The molecule has 1 saturated heterocycles. The van der Waals surface area contributed by atoms with Gasteiger partial charge in [-0.1, -0.05) is 30.7 Å². The van der Waals surface area contributed by atoms with E-state index in [-0.39, 0.29) is 17.9 Å². The van der Waals surface area contributed by atoms with Crippen LogP contribution in [0.3, 0.4) is 0 Å². The molecule has 104 valence electrons. The van der Waals surface area contributed by atoms with Crippen LogP contribution in [0, 0.1) is 5.92 Å². The first-order chi connectivity index (χ1) is 9.20. The molecule has 1 aromatic rings. The second kappa shape index (κ2) is 6.92. The Morgan fingerprint density at radius 3 is 2.58 bits per heavy atom. The van der Waals surface area contributed by atoms with Gasteiger partial charge in [-0.25, -0.2) is 0 Å². The first-order valence-corrected chi connectivity index (χ1v) is 7.22. The smallest absolute Gasteiger partial charge is 0.223 e. The Kier molecular flexibility index (Phi) is 5.23. The SMILES string of the molecule is CC[C@H](NC(=O)C1CCOCC1)c1ccc(Cl)cc1. The topological polar surface area (TPSA) is 38.3 Å². The summed E-state index contributed by atoms with van der Waals surface area (Å²) in [6, 6.07) is 7.73. The van der Waals surface area contributed by atoms with Gasteiger partial charge in [0.15, 0.2) is 0 Å². The van der Waals surface area contributed by atoms with E-state index in [0.29, 0.717) is 18.2 Å². The van der Waals surface area contributed by atoms with E-state index < -0.39 is 0 Å². The molecule has 1 aromatic carbocycles. The zero-order valence-electron chi connectivity index (χ0n) is 11.2. The molecular weight excluding hydrogens is 262 g/mol. The largest absolute Gasteiger partial charge is 0.381 e. The van der Waals surface area contributed by atoms with Crippen LogP contribution < -0.4 is 5.32 Å². The molecular formula is C15H20ClNO2. The lowest BCUT2D eigenvalue weighted by molar-refractivity contribution is -0.128. The van der Waals surface area contributed by atoms with Crippen LogP contribution in [0.25, 0.3) is 0 Å². The first kappa shape index (κ1) is 14.4. The molecule has 1 N–H and O–H groups in total. The Hall–Kier alpha value is -1.06. The molecule has 1 aliphatic rings. The minimum absolute atomic E-state index is 0.0626. The summed E-state index contributed by atoms with van der Waals surface area (Å²) in [4.78, 5) is 12.2. The molecule has 0 aromatic heterocycles. The monoisotopic (exact) mass is 281 g/mol. The van der Waals surface area contributed by atoms with Gasteiger partial charge in [-0.15, -0.1) is 0 Å². The first-order valence-electron chi connectivity index (χ1n) is 6.84. The fraction of sp³-hybridized carbons (Fsp3) is 0.533. The Bertz CT molecular complexity index is 413. The predicted octanol–water partition coefficient (Wildman–Crippen LogP) is 3.33. The molecule has 19 heavy (non-hydrogen) atoms. The van der Waals surface area contributed by atoms with Gasteiger partial charge in [0.2, 0.25) is 5.91 Å². The van der Waals surface area contributed by atoms with Crippen LogP contribution in [0.4, 0.5) is 0 Å². The lowest BCUT2D eigenvalue weighted by Crippen LogP contribution is -2.36. The summed E-state index contributed by atoms with van der Waals surface area (Å²) in [7, 11) is 0. The van der Waals surface area contributed by atoms with Gasteiger partial charge >= 0.3 is 0 Å². The van der Waals surface area contributed by atoms with Crippen LogP contribution in [0.5, 0.6) is 0 Å². The number of nitrogens with one attached hydrogen (secondary N) is 1. The Morgan fingerprint density at radius 1 is 1.37 bits per heavy atom. The molecule has 0 spiro atoms. The van der Waals surface area contributed by atoms with Crippen molar-refractivity contribution in [2.45, 2.75) is 32.2 Å². The fourth-order valence-electron chi connectivity index (χ4n) is 2.37. The second-order valence-corrected chi connectivity index (χ2v) is 5.34. The van der Waals surface area contributed by atoms with Crippen molar-refractivity contribution >= 4 is 17.5 Å². The lowest BCUT2D eigenvalue weighted by Gasteiger charge is -2.24. The molecule has 0 radical (unpaired) electrons. The average molecular weight is 282 g/mol. The summed E-state index contributed by atoms with van der Waals surface area (Å²) in [6.45, 7) is 3.45. The molecule has 1 atom stereocenters. The highest BCUT2D eigenvalue weighted by Crippen LogP contribution is 2.21. The van der Waals surface area contributed by atoms with Gasteiger partial charge in [-0.3, -0.25) is 4.79 Å². The molecule has 0 aliphatic carbocycles. The third-order valence-corrected chi connectivity index (χ3v) is 3.84. The number of ether oxygens (including phenoxy) is 1. The number of benzene rings is 1. The van der Waals surface area contributed by atoms with Crippen molar-refractivity contribution in [3.8, 4) is 0 Å². The van der Waals surface area contributed by atoms with Crippen molar-refractivity contribution in [2.24, 2.45) is 5.92 Å². The maximum absolute atomic E-state index is 12.2. The number of carbonyl (C=O) groups is 1. The molecule has 0 saturated carbocycles. The van der Waals surface area contributed by atoms with E-state index in [9.17, 15) is 4.79 Å². The molecule has 4 heteroatoms. The Labute approximate surface area is 119 Å². The highest BCUT2D eigenvalue weighted by atomic mass is 35.5.